The fourth-order valence-corrected chi connectivity index (χ4v) is 4.74. The van der Waals surface area contributed by atoms with E-state index in [9.17, 15) is 0 Å². The molecule has 1 saturated heterocycles. The average Bonchev–Trinajstić information content (AvgIpc) is 2.88. The molecule has 18 heavy (non-hydrogen) atoms. The molecule has 3 aliphatic rings. The van der Waals surface area contributed by atoms with Crippen LogP contribution in [0, 0.1) is 29.6 Å². The van der Waals surface area contributed by atoms with Gasteiger partial charge in [0.2, 0.25) is 0 Å². The normalized spacial score (nSPS) is 46.0. The van der Waals surface area contributed by atoms with E-state index >= 15 is 0 Å². The molecule has 5 atom stereocenters. The summed E-state index contributed by atoms with van der Waals surface area (Å²) < 4.78 is 0. The van der Waals surface area contributed by atoms with Gasteiger partial charge in [0.15, 0.2) is 0 Å². The number of hydrogen-bond donors (Lipinski definition) is 1. The third-order valence-corrected chi connectivity index (χ3v) is 5.50. The number of rotatable bonds is 2. The first kappa shape index (κ1) is 12.9. The Labute approximate surface area is 113 Å². The number of fused-ring (bicyclic) bond motifs is 2. The second-order valence-corrected chi connectivity index (χ2v) is 7.52. The Hall–Kier alpha value is -0.0800. The summed E-state index contributed by atoms with van der Waals surface area (Å²) in [6, 6.07) is 0. The van der Waals surface area contributed by atoms with Crippen molar-refractivity contribution >= 4 is 0 Å². The van der Waals surface area contributed by atoms with E-state index in [1.54, 1.807) is 12.8 Å². The summed E-state index contributed by atoms with van der Waals surface area (Å²) in [5.41, 5.74) is 0. The largest absolute Gasteiger partial charge is 0.316 e. The van der Waals surface area contributed by atoms with Gasteiger partial charge in [0.1, 0.15) is 0 Å². The van der Waals surface area contributed by atoms with Gasteiger partial charge >= 0.3 is 0 Å². The van der Waals surface area contributed by atoms with Crippen LogP contribution in [0.5, 0.6) is 0 Å². The summed E-state index contributed by atoms with van der Waals surface area (Å²) in [5.74, 6) is 4.86. The molecule has 2 heteroatoms. The maximum atomic E-state index is 3.60. The molecule has 2 nitrogen and oxygen atoms in total. The third kappa shape index (κ3) is 2.91. The van der Waals surface area contributed by atoms with Crippen LogP contribution in [0.25, 0.3) is 0 Å². The molecule has 3 rings (SSSR count). The Morgan fingerprint density at radius 1 is 1.00 bits per heavy atom. The summed E-state index contributed by atoms with van der Waals surface area (Å²) in [7, 11) is 0. The lowest BCUT2D eigenvalue weighted by atomic mass is 9.88. The molecule has 104 valence electrons. The molecule has 2 aliphatic carbocycles. The van der Waals surface area contributed by atoms with Crippen LogP contribution >= 0.6 is 0 Å². The molecule has 0 aromatic rings. The Balaban J connectivity index is 1.56. The van der Waals surface area contributed by atoms with Gasteiger partial charge in [-0.05, 0) is 61.9 Å². The lowest BCUT2D eigenvalue weighted by Gasteiger charge is -2.35. The van der Waals surface area contributed by atoms with Crippen molar-refractivity contribution in [1.29, 1.82) is 0 Å². The molecule has 1 heterocycles. The third-order valence-electron chi connectivity index (χ3n) is 5.50. The number of nitrogens with zero attached hydrogens (tertiary/aromatic N) is 1. The molecule has 3 fully saturated rings. The van der Waals surface area contributed by atoms with E-state index in [2.05, 4.69) is 24.1 Å². The van der Waals surface area contributed by atoms with Crippen LogP contribution in [-0.2, 0) is 0 Å². The Morgan fingerprint density at radius 2 is 1.72 bits per heavy atom. The van der Waals surface area contributed by atoms with Crippen LogP contribution in [0.15, 0.2) is 0 Å². The standard InChI is InChI=1S/C16H30N2/c1-12-7-17-8-13(2)10-18(9-12)11-16-6-14-3-4-15(16)5-14/h12-17H,3-11H2,1-2H3. The highest BCUT2D eigenvalue weighted by Crippen LogP contribution is 2.48. The summed E-state index contributed by atoms with van der Waals surface area (Å²) in [4.78, 5) is 2.79. The predicted octanol–water partition coefficient (Wildman–Crippen LogP) is 2.60. The minimum absolute atomic E-state index is 0.816. The predicted molar refractivity (Wildman–Crippen MR) is 76.6 cm³/mol. The van der Waals surface area contributed by atoms with Crippen molar-refractivity contribution in [2.24, 2.45) is 29.6 Å². The van der Waals surface area contributed by atoms with Crippen LogP contribution in [-0.4, -0.2) is 37.6 Å². The monoisotopic (exact) mass is 250 g/mol. The molecule has 0 aromatic heterocycles. The molecule has 0 amide bonds. The van der Waals surface area contributed by atoms with E-state index in [1.807, 2.05) is 0 Å². The molecule has 2 saturated carbocycles. The Morgan fingerprint density at radius 3 is 2.28 bits per heavy atom. The summed E-state index contributed by atoms with van der Waals surface area (Å²) in [6.07, 6.45) is 6.18. The lowest BCUT2D eigenvalue weighted by molar-refractivity contribution is 0.140. The second-order valence-electron chi connectivity index (χ2n) is 7.52. The molecule has 5 unspecified atom stereocenters. The SMILES string of the molecule is CC1CNCC(C)CN(CC2CC3CCC2C3)C1. The van der Waals surface area contributed by atoms with Gasteiger partial charge in [-0.1, -0.05) is 20.3 Å². The van der Waals surface area contributed by atoms with E-state index in [1.165, 1.54) is 45.6 Å². The summed E-state index contributed by atoms with van der Waals surface area (Å²) in [5, 5.41) is 3.60. The molecule has 1 aliphatic heterocycles. The highest BCUT2D eigenvalue weighted by Gasteiger charge is 2.40. The van der Waals surface area contributed by atoms with E-state index in [-0.39, 0.29) is 0 Å². The fraction of sp³-hybridized carbons (Fsp3) is 1.00. The first-order chi connectivity index (χ1) is 8.70. The highest BCUT2D eigenvalue weighted by atomic mass is 15.1. The van der Waals surface area contributed by atoms with Crippen LogP contribution in [0.2, 0.25) is 0 Å². The van der Waals surface area contributed by atoms with Gasteiger partial charge in [0.25, 0.3) is 0 Å². The van der Waals surface area contributed by atoms with Crippen LogP contribution in [0.1, 0.15) is 39.5 Å². The number of hydrogen-bond acceptors (Lipinski definition) is 2. The van der Waals surface area contributed by atoms with Crippen molar-refractivity contribution in [2.45, 2.75) is 39.5 Å². The van der Waals surface area contributed by atoms with Crippen molar-refractivity contribution in [1.82, 2.24) is 10.2 Å². The quantitative estimate of drug-likeness (QED) is 0.810. The smallest absolute Gasteiger partial charge is 0.00194 e. The maximum Gasteiger partial charge on any atom is 0.00194 e. The highest BCUT2D eigenvalue weighted by molar-refractivity contribution is 4.91. The molecule has 0 radical (unpaired) electrons. The second kappa shape index (κ2) is 5.50. The number of nitrogens with one attached hydrogen (secondary N) is 1. The van der Waals surface area contributed by atoms with Gasteiger partial charge in [0, 0.05) is 19.6 Å². The maximum absolute atomic E-state index is 3.60. The topological polar surface area (TPSA) is 15.3 Å². The van der Waals surface area contributed by atoms with Gasteiger partial charge < -0.3 is 10.2 Å². The zero-order valence-corrected chi connectivity index (χ0v) is 12.2. The zero-order chi connectivity index (χ0) is 12.5. The average molecular weight is 250 g/mol. The van der Waals surface area contributed by atoms with Crippen LogP contribution in [0.3, 0.4) is 0 Å². The molecule has 0 aromatic carbocycles. The summed E-state index contributed by atoms with van der Waals surface area (Å²) in [6.45, 7) is 11.2. The Kier molecular flexibility index (Phi) is 3.95. The molecular formula is C16H30N2. The van der Waals surface area contributed by atoms with E-state index in [4.69, 9.17) is 0 Å². The van der Waals surface area contributed by atoms with Crippen molar-refractivity contribution in [3.05, 3.63) is 0 Å². The van der Waals surface area contributed by atoms with E-state index in [0.717, 1.165) is 29.6 Å². The van der Waals surface area contributed by atoms with Crippen LogP contribution in [0.4, 0.5) is 0 Å². The summed E-state index contributed by atoms with van der Waals surface area (Å²) >= 11 is 0. The van der Waals surface area contributed by atoms with Crippen LogP contribution < -0.4 is 5.32 Å². The van der Waals surface area contributed by atoms with Gasteiger partial charge in [-0.25, -0.2) is 0 Å². The lowest BCUT2D eigenvalue weighted by Crippen LogP contribution is -2.44. The van der Waals surface area contributed by atoms with Crippen molar-refractivity contribution in [2.75, 3.05) is 32.7 Å². The van der Waals surface area contributed by atoms with Crippen molar-refractivity contribution in [3.63, 3.8) is 0 Å². The van der Waals surface area contributed by atoms with E-state index in [0.29, 0.717) is 0 Å². The van der Waals surface area contributed by atoms with E-state index < -0.39 is 0 Å². The van der Waals surface area contributed by atoms with Crippen molar-refractivity contribution in [3.8, 4) is 0 Å². The molecular weight excluding hydrogens is 220 g/mol. The molecule has 2 bridgehead atoms. The Bertz CT molecular complexity index is 266. The van der Waals surface area contributed by atoms with Gasteiger partial charge in [-0.2, -0.15) is 0 Å². The fourth-order valence-electron chi connectivity index (χ4n) is 4.74. The van der Waals surface area contributed by atoms with Gasteiger partial charge in [0.05, 0.1) is 0 Å². The molecule has 0 spiro atoms. The first-order valence-electron chi connectivity index (χ1n) is 8.13. The van der Waals surface area contributed by atoms with Gasteiger partial charge in [-0.3, -0.25) is 0 Å². The first-order valence-corrected chi connectivity index (χ1v) is 8.13. The zero-order valence-electron chi connectivity index (χ0n) is 12.2. The molecule has 1 N–H and O–H groups in total. The minimum Gasteiger partial charge on any atom is -0.316 e. The minimum atomic E-state index is 0.816. The van der Waals surface area contributed by atoms with Gasteiger partial charge in [-0.15, -0.1) is 0 Å². The van der Waals surface area contributed by atoms with Crippen molar-refractivity contribution < 1.29 is 0 Å².